The molecule has 0 radical (unpaired) electrons. The van der Waals surface area contributed by atoms with Gasteiger partial charge in [0, 0.05) is 13.5 Å². The lowest BCUT2D eigenvalue weighted by Crippen LogP contribution is -2.28. The lowest BCUT2D eigenvalue weighted by Gasteiger charge is -2.22. The largest absolute Gasteiger partial charge is 0.350 e. The summed E-state index contributed by atoms with van der Waals surface area (Å²) in [5, 5.41) is 11.5. The SMILES string of the molecule is CC(=N)N1CCCC1c1noc(C)n1. The highest BCUT2D eigenvalue weighted by Gasteiger charge is 2.29. The molecule has 0 amide bonds. The van der Waals surface area contributed by atoms with Crippen LogP contribution in [-0.2, 0) is 0 Å². The Hall–Kier alpha value is -1.39. The van der Waals surface area contributed by atoms with Gasteiger partial charge < -0.3 is 9.42 Å². The second-order valence-electron chi connectivity index (χ2n) is 3.61. The Bertz CT molecular complexity index is 346. The molecule has 2 rings (SSSR count). The molecule has 0 aromatic carbocycles. The van der Waals surface area contributed by atoms with Crippen LogP contribution in [0, 0.1) is 12.3 Å². The number of nitrogens with zero attached hydrogens (tertiary/aromatic N) is 3. The van der Waals surface area contributed by atoms with Gasteiger partial charge in [0.1, 0.15) is 0 Å². The van der Waals surface area contributed by atoms with E-state index in [1.165, 1.54) is 0 Å². The van der Waals surface area contributed by atoms with Crippen molar-refractivity contribution in [2.75, 3.05) is 6.54 Å². The van der Waals surface area contributed by atoms with Crippen molar-refractivity contribution >= 4 is 5.84 Å². The van der Waals surface area contributed by atoms with Gasteiger partial charge in [-0.15, -0.1) is 0 Å². The number of likely N-dealkylation sites (tertiary alicyclic amines) is 1. The van der Waals surface area contributed by atoms with Crippen LogP contribution in [0.4, 0.5) is 0 Å². The van der Waals surface area contributed by atoms with E-state index in [1.807, 2.05) is 4.90 Å². The minimum absolute atomic E-state index is 0.143. The first-order valence-electron chi connectivity index (χ1n) is 4.80. The van der Waals surface area contributed by atoms with Crippen LogP contribution in [0.1, 0.15) is 37.5 Å². The fraction of sp³-hybridized carbons (Fsp3) is 0.667. The van der Waals surface area contributed by atoms with E-state index in [9.17, 15) is 0 Å². The fourth-order valence-electron chi connectivity index (χ4n) is 1.89. The predicted octanol–water partition coefficient (Wildman–Crippen LogP) is 1.51. The number of aryl methyl sites for hydroxylation is 1. The van der Waals surface area contributed by atoms with Crippen LogP contribution in [0.3, 0.4) is 0 Å². The van der Waals surface area contributed by atoms with Crippen LogP contribution in [0.2, 0.25) is 0 Å². The van der Waals surface area contributed by atoms with Gasteiger partial charge >= 0.3 is 0 Å². The Morgan fingerprint density at radius 1 is 1.64 bits per heavy atom. The molecule has 1 N–H and O–H groups in total. The number of amidine groups is 1. The number of hydrogen-bond acceptors (Lipinski definition) is 4. The molecule has 1 aliphatic heterocycles. The van der Waals surface area contributed by atoms with Crippen molar-refractivity contribution in [2.45, 2.75) is 32.7 Å². The number of hydrogen-bond donors (Lipinski definition) is 1. The molecule has 5 nitrogen and oxygen atoms in total. The van der Waals surface area contributed by atoms with Gasteiger partial charge in [-0.2, -0.15) is 4.98 Å². The summed E-state index contributed by atoms with van der Waals surface area (Å²) in [6.07, 6.45) is 2.10. The number of rotatable bonds is 1. The summed E-state index contributed by atoms with van der Waals surface area (Å²) in [6.45, 7) is 4.51. The first kappa shape index (κ1) is 9.18. The zero-order chi connectivity index (χ0) is 10.1. The molecule has 1 unspecified atom stereocenters. The van der Waals surface area contributed by atoms with Gasteiger partial charge in [-0.25, -0.2) is 0 Å². The number of aromatic nitrogens is 2. The minimum Gasteiger partial charge on any atom is -0.350 e. The van der Waals surface area contributed by atoms with Crippen LogP contribution < -0.4 is 0 Å². The molecular weight excluding hydrogens is 180 g/mol. The van der Waals surface area contributed by atoms with E-state index >= 15 is 0 Å². The molecule has 2 heterocycles. The standard InChI is InChI=1S/C9H14N4O/c1-6(10)13-5-3-4-8(13)9-11-7(2)14-12-9/h8,10H,3-5H2,1-2H3. The van der Waals surface area contributed by atoms with E-state index < -0.39 is 0 Å². The average Bonchev–Trinajstić information content (AvgIpc) is 2.70. The molecule has 0 spiro atoms. The third-order valence-electron chi connectivity index (χ3n) is 2.52. The summed E-state index contributed by atoms with van der Waals surface area (Å²) >= 11 is 0. The maximum Gasteiger partial charge on any atom is 0.223 e. The van der Waals surface area contributed by atoms with Crippen LogP contribution in [0.25, 0.3) is 0 Å². The van der Waals surface area contributed by atoms with Gasteiger partial charge in [0.2, 0.25) is 5.89 Å². The molecule has 0 saturated carbocycles. The highest BCUT2D eigenvalue weighted by Crippen LogP contribution is 2.29. The summed E-state index contributed by atoms with van der Waals surface area (Å²) in [5.41, 5.74) is 0. The quantitative estimate of drug-likeness (QED) is 0.543. The Labute approximate surface area is 82.6 Å². The third kappa shape index (κ3) is 1.49. The minimum atomic E-state index is 0.143. The Morgan fingerprint density at radius 2 is 2.43 bits per heavy atom. The van der Waals surface area contributed by atoms with Crippen molar-refractivity contribution in [2.24, 2.45) is 0 Å². The molecule has 76 valence electrons. The van der Waals surface area contributed by atoms with Crippen molar-refractivity contribution in [3.63, 3.8) is 0 Å². The molecule has 1 aromatic heterocycles. The van der Waals surface area contributed by atoms with Crippen molar-refractivity contribution in [1.82, 2.24) is 15.0 Å². The average molecular weight is 194 g/mol. The molecule has 1 aliphatic rings. The molecule has 1 fully saturated rings. The van der Waals surface area contributed by atoms with E-state index in [4.69, 9.17) is 9.93 Å². The topological polar surface area (TPSA) is 66.0 Å². The van der Waals surface area contributed by atoms with Crippen molar-refractivity contribution in [1.29, 1.82) is 5.41 Å². The lowest BCUT2D eigenvalue weighted by molar-refractivity contribution is 0.345. The summed E-state index contributed by atoms with van der Waals surface area (Å²) in [7, 11) is 0. The van der Waals surface area contributed by atoms with Gasteiger partial charge in [0.25, 0.3) is 0 Å². The van der Waals surface area contributed by atoms with Crippen LogP contribution in [0.15, 0.2) is 4.52 Å². The van der Waals surface area contributed by atoms with Crippen molar-refractivity contribution in [3.05, 3.63) is 11.7 Å². The highest BCUT2D eigenvalue weighted by molar-refractivity contribution is 5.77. The van der Waals surface area contributed by atoms with E-state index in [0.717, 1.165) is 19.4 Å². The third-order valence-corrected chi connectivity index (χ3v) is 2.52. The van der Waals surface area contributed by atoms with Crippen LogP contribution in [0.5, 0.6) is 0 Å². The first-order valence-corrected chi connectivity index (χ1v) is 4.80. The molecule has 5 heteroatoms. The smallest absolute Gasteiger partial charge is 0.223 e. The molecule has 1 atom stereocenters. The van der Waals surface area contributed by atoms with Gasteiger partial charge in [0.15, 0.2) is 5.82 Å². The number of nitrogens with one attached hydrogen (secondary N) is 1. The van der Waals surface area contributed by atoms with Crippen molar-refractivity contribution in [3.8, 4) is 0 Å². The molecule has 1 aromatic rings. The monoisotopic (exact) mass is 194 g/mol. The molecule has 0 bridgehead atoms. The van der Waals surface area contributed by atoms with Crippen LogP contribution >= 0.6 is 0 Å². The van der Waals surface area contributed by atoms with Crippen molar-refractivity contribution < 1.29 is 4.52 Å². The van der Waals surface area contributed by atoms with Gasteiger partial charge in [-0.1, -0.05) is 5.16 Å². The molecule has 1 saturated heterocycles. The molecule has 14 heavy (non-hydrogen) atoms. The zero-order valence-electron chi connectivity index (χ0n) is 8.45. The maximum atomic E-state index is 7.62. The first-order chi connectivity index (χ1) is 6.68. The lowest BCUT2D eigenvalue weighted by atomic mass is 10.2. The molecular formula is C9H14N4O. The van der Waals surface area contributed by atoms with E-state index in [-0.39, 0.29) is 6.04 Å². The van der Waals surface area contributed by atoms with E-state index in [2.05, 4.69) is 10.1 Å². The Morgan fingerprint density at radius 3 is 3.00 bits per heavy atom. The Balaban J connectivity index is 2.21. The summed E-state index contributed by atoms with van der Waals surface area (Å²) in [4.78, 5) is 6.23. The zero-order valence-corrected chi connectivity index (χ0v) is 8.45. The Kier molecular flexibility index (Phi) is 2.23. The summed E-state index contributed by atoms with van der Waals surface area (Å²) < 4.78 is 4.95. The van der Waals surface area contributed by atoms with Crippen LogP contribution in [-0.4, -0.2) is 27.4 Å². The fourth-order valence-corrected chi connectivity index (χ4v) is 1.89. The van der Waals surface area contributed by atoms with Gasteiger partial charge in [-0.3, -0.25) is 5.41 Å². The second kappa shape index (κ2) is 3.40. The molecule has 0 aliphatic carbocycles. The summed E-state index contributed by atoms with van der Waals surface area (Å²) in [5.74, 6) is 1.89. The van der Waals surface area contributed by atoms with E-state index in [0.29, 0.717) is 17.6 Å². The maximum absolute atomic E-state index is 7.62. The summed E-state index contributed by atoms with van der Waals surface area (Å²) in [6, 6.07) is 0.143. The highest BCUT2D eigenvalue weighted by atomic mass is 16.5. The predicted molar refractivity (Wildman–Crippen MR) is 51.1 cm³/mol. The van der Waals surface area contributed by atoms with Gasteiger partial charge in [0.05, 0.1) is 11.9 Å². The van der Waals surface area contributed by atoms with Gasteiger partial charge in [-0.05, 0) is 19.8 Å². The second-order valence-corrected chi connectivity index (χ2v) is 3.61. The normalized spacial score (nSPS) is 21.6. The van der Waals surface area contributed by atoms with E-state index in [1.54, 1.807) is 13.8 Å².